The van der Waals surface area contributed by atoms with E-state index in [2.05, 4.69) is 10.5 Å². The van der Waals surface area contributed by atoms with E-state index < -0.39 is 0 Å². The lowest BCUT2D eigenvalue weighted by Gasteiger charge is -2.10. The van der Waals surface area contributed by atoms with Crippen LogP contribution in [0.3, 0.4) is 0 Å². The maximum Gasteiger partial charge on any atom is 0.277 e. The molecule has 0 aliphatic carbocycles. The minimum atomic E-state index is -0.308. The van der Waals surface area contributed by atoms with Gasteiger partial charge in [0.1, 0.15) is 11.5 Å². The largest absolute Gasteiger partial charge is 0.497 e. The first-order valence-electron chi connectivity index (χ1n) is 7.25. The molecule has 1 N–H and O–H groups in total. The highest BCUT2D eigenvalue weighted by Crippen LogP contribution is 2.21. The van der Waals surface area contributed by atoms with Gasteiger partial charge < -0.3 is 9.47 Å². The lowest BCUT2D eigenvalue weighted by Crippen LogP contribution is -2.25. The molecular formula is C18H20N2O3. The third kappa shape index (κ3) is 4.85. The molecule has 120 valence electrons. The second-order valence-corrected chi connectivity index (χ2v) is 5.08. The molecule has 0 unspecified atom stereocenters. The quantitative estimate of drug-likeness (QED) is 0.659. The summed E-state index contributed by atoms with van der Waals surface area (Å²) in [7, 11) is 1.61. The number of carbonyl (C=O) groups is 1. The number of hydrogen-bond donors (Lipinski definition) is 1. The smallest absolute Gasteiger partial charge is 0.277 e. The first-order valence-corrected chi connectivity index (χ1v) is 7.25. The summed E-state index contributed by atoms with van der Waals surface area (Å²) in [5.74, 6) is 1.20. The zero-order valence-corrected chi connectivity index (χ0v) is 13.5. The van der Waals surface area contributed by atoms with E-state index in [-0.39, 0.29) is 12.5 Å². The Balaban J connectivity index is 1.84. The fourth-order valence-electron chi connectivity index (χ4n) is 2.07. The van der Waals surface area contributed by atoms with Crippen molar-refractivity contribution < 1.29 is 14.3 Å². The number of rotatable bonds is 6. The first-order chi connectivity index (χ1) is 11.1. The normalized spacial score (nSPS) is 10.6. The number of hydrazone groups is 1. The van der Waals surface area contributed by atoms with Gasteiger partial charge in [0, 0.05) is 0 Å². The zero-order valence-electron chi connectivity index (χ0n) is 13.5. The van der Waals surface area contributed by atoms with Crippen LogP contribution < -0.4 is 14.9 Å². The lowest BCUT2D eigenvalue weighted by atomic mass is 10.1. The number of methoxy groups -OCH3 is 1. The fraction of sp³-hybridized carbons (Fsp3) is 0.222. The molecule has 0 aromatic heterocycles. The first kappa shape index (κ1) is 16.5. The number of carbonyl (C=O) groups excluding carboxylic acids is 1. The zero-order chi connectivity index (χ0) is 16.7. The highest BCUT2D eigenvalue weighted by molar-refractivity contribution is 5.83. The summed E-state index contributed by atoms with van der Waals surface area (Å²) in [6, 6.07) is 13.2. The van der Waals surface area contributed by atoms with Crippen LogP contribution in [-0.4, -0.2) is 25.8 Å². The second-order valence-electron chi connectivity index (χ2n) is 5.08. The number of hydrogen-bond acceptors (Lipinski definition) is 4. The Kier molecular flexibility index (Phi) is 5.74. The minimum absolute atomic E-state index is 0.0777. The number of para-hydroxylation sites is 1. The van der Waals surface area contributed by atoms with Gasteiger partial charge >= 0.3 is 0 Å². The molecule has 2 aromatic carbocycles. The molecule has 0 spiro atoms. The van der Waals surface area contributed by atoms with E-state index in [1.807, 2.05) is 56.3 Å². The Hall–Kier alpha value is -2.82. The SMILES string of the molecule is COc1ccc(/C=N\NC(=O)COc2c(C)cccc2C)cc1. The summed E-state index contributed by atoms with van der Waals surface area (Å²) in [5.41, 5.74) is 5.31. The van der Waals surface area contributed by atoms with Gasteiger partial charge in [-0.05, 0) is 54.8 Å². The molecule has 0 heterocycles. The van der Waals surface area contributed by atoms with E-state index in [1.165, 1.54) is 0 Å². The summed E-state index contributed by atoms with van der Waals surface area (Å²) in [6.07, 6.45) is 1.57. The highest BCUT2D eigenvalue weighted by atomic mass is 16.5. The molecule has 0 atom stereocenters. The van der Waals surface area contributed by atoms with Gasteiger partial charge in [0.25, 0.3) is 5.91 Å². The van der Waals surface area contributed by atoms with Crippen molar-refractivity contribution in [3.05, 3.63) is 59.2 Å². The Labute approximate surface area is 135 Å². The summed E-state index contributed by atoms with van der Waals surface area (Å²) in [5, 5.41) is 3.91. The van der Waals surface area contributed by atoms with Crippen molar-refractivity contribution in [2.75, 3.05) is 13.7 Å². The fourth-order valence-corrected chi connectivity index (χ4v) is 2.07. The molecule has 0 saturated heterocycles. The molecule has 1 amide bonds. The number of ether oxygens (including phenoxy) is 2. The highest BCUT2D eigenvalue weighted by Gasteiger charge is 2.06. The predicted molar refractivity (Wildman–Crippen MR) is 90.1 cm³/mol. The van der Waals surface area contributed by atoms with Crippen LogP contribution in [0.2, 0.25) is 0 Å². The number of amides is 1. The summed E-state index contributed by atoms with van der Waals surface area (Å²) < 4.78 is 10.6. The minimum Gasteiger partial charge on any atom is -0.497 e. The van der Waals surface area contributed by atoms with Crippen LogP contribution in [0.1, 0.15) is 16.7 Å². The van der Waals surface area contributed by atoms with Crippen molar-refractivity contribution in [3.8, 4) is 11.5 Å². The van der Waals surface area contributed by atoms with Gasteiger partial charge in [0.05, 0.1) is 13.3 Å². The Bertz CT molecular complexity index is 674. The van der Waals surface area contributed by atoms with Gasteiger partial charge in [-0.2, -0.15) is 5.10 Å². The van der Waals surface area contributed by atoms with Crippen molar-refractivity contribution in [2.45, 2.75) is 13.8 Å². The average Bonchev–Trinajstić information content (AvgIpc) is 2.55. The average molecular weight is 312 g/mol. The molecule has 5 heteroatoms. The Morgan fingerprint density at radius 2 is 1.78 bits per heavy atom. The van der Waals surface area contributed by atoms with Gasteiger partial charge in [0.2, 0.25) is 0 Å². The number of benzene rings is 2. The molecule has 0 radical (unpaired) electrons. The van der Waals surface area contributed by atoms with Gasteiger partial charge in [-0.3, -0.25) is 4.79 Å². The van der Waals surface area contributed by atoms with Gasteiger partial charge in [0.15, 0.2) is 6.61 Å². The van der Waals surface area contributed by atoms with E-state index in [4.69, 9.17) is 9.47 Å². The van der Waals surface area contributed by atoms with Crippen LogP contribution >= 0.6 is 0 Å². The standard InChI is InChI=1S/C18H20N2O3/c1-13-5-4-6-14(2)18(13)23-12-17(21)20-19-11-15-7-9-16(22-3)10-8-15/h4-11H,12H2,1-3H3,(H,20,21)/b19-11-. The van der Waals surface area contributed by atoms with E-state index in [9.17, 15) is 4.79 Å². The van der Waals surface area contributed by atoms with Crippen molar-refractivity contribution in [2.24, 2.45) is 5.10 Å². The van der Waals surface area contributed by atoms with Gasteiger partial charge in [-0.25, -0.2) is 5.43 Å². The lowest BCUT2D eigenvalue weighted by molar-refractivity contribution is -0.123. The number of aryl methyl sites for hydroxylation is 2. The van der Waals surface area contributed by atoms with Gasteiger partial charge in [-0.1, -0.05) is 18.2 Å². The van der Waals surface area contributed by atoms with E-state index in [0.717, 1.165) is 28.2 Å². The molecule has 2 aromatic rings. The Morgan fingerprint density at radius 1 is 1.13 bits per heavy atom. The molecule has 23 heavy (non-hydrogen) atoms. The maximum absolute atomic E-state index is 11.8. The van der Waals surface area contributed by atoms with Crippen molar-refractivity contribution >= 4 is 12.1 Å². The molecular weight excluding hydrogens is 292 g/mol. The van der Waals surface area contributed by atoms with Crippen LogP contribution in [0.25, 0.3) is 0 Å². The maximum atomic E-state index is 11.8. The second kappa shape index (κ2) is 7.98. The number of nitrogens with one attached hydrogen (secondary N) is 1. The number of nitrogens with zero attached hydrogens (tertiary/aromatic N) is 1. The molecule has 5 nitrogen and oxygen atoms in total. The van der Waals surface area contributed by atoms with Crippen LogP contribution in [-0.2, 0) is 4.79 Å². The topological polar surface area (TPSA) is 59.9 Å². The third-order valence-electron chi connectivity index (χ3n) is 3.28. The Morgan fingerprint density at radius 3 is 2.39 bits per heavy atom. The van der Waals surface area contributed by atoms with Crippen LogP contribution in [0.5, 0.6) is 11.5 Å². The van der Waals surface area contributed by atoms with E-state index >= 15 is 0 Å². The summed E-state index contributed by atoms with van der Waals surface area (Å²) in [6.45, 7) is 3.82. The van der Waals surface area contributed by atoms with Crippen LogP contribution in [0.15, 0.2) is 47.6 Å². The molecule has 0 aliphatic heterocycles. The summed E-state index contributed by atoms with van der Waals surface area (Å²) in [4.78, 5) is 11.8. The summed E-state index contributed by atoms with van der Waals surface area (Å²) >= 11 is 0. The predicted octanol–water partition coefficient (Wildman–Crippen LogP) is 2.84. The van der Waals surface area contributed by atoms with Crippen LogP contribution in [0, 0.1) is 13.8 Å². The van der Waals surface area contributed by atoms with E-state index in [0.29, 0.717) is 0 Å². The van der Waals surface area contributed by atoms with E-state index in [1.54, 1.807) is 13.3 Å². The van der Waals surface area contributed by atoms with Crippen molar-refractivity contribution in [3.63, 3.8) is 0 Å². The van der Waals surface area contributed by atoms with Crippen LogP contribution in [0.4, 0.5) is 0 Å². The van der Waals surface area contributed by atoms with Crippen molar-refractivity contribution in [1.29, 1.82) is 0 Å². The molecule has 0 bridgehead atoms. The molecule has 0 fully saturated rings. The third-order valence-corrected chi connectivity index (χ3v) is 3.28. The monoisotopic (exact) mass is 312 g/mol. The molecule has 2 rings (SSSR count). The molecule has 0 saturated carbocycles. The van der Waals surface area contributed by atoms with Crippen molar-refractivity contribution in [1.82, 2.24) is 5.43 Å². The molecule has 0 aliphatic rings. The van der Waals surface area contributed by atoms with Gasteiger partial charge in [-0.15, -0.1) is 0 Å².